The van der Waals surface area contributed by atoms with Crippen LogP contribution in [0.3, 0.4) is 0 Å². The Labute approximate surface area is 91.5 Å². The van der Waals surface area contributed by atoms with Crippen LogP contribution in [0.2, 0.25) is 0 Å². The topological polar surface area (TPSA) is 32.3 Å². The van der Waals surface area contributed by atoms with Crippen molar-refractivity contribution >= 4 is 5.91 Å². The summed E-state index contributed by atoms with van der Waals surface area (Å²) in [6, 6.07) is 0.644. The molecule has 1 amide bonds. The molecular weight excluding hydrogens is 188 g/mol. The van der Waals surface area contributed by atoms with Gasteiger partial charge in [-0.2, -0.15) is 0 Å². The fraction of sp³-hybridized carbons (Fsp3) is 0.750. The molecule has 0 aromatic heterocycles. The van der Waals surface area contributed by atoms with E-state index >= 15 is 0 Å². The summed E-state index contributed by atoms with van der Waals surface area (Å²) in [5.74, 6) is 0.753. The molecule has 0 aliphatic carbocycles. The van der Waals surface area contributed by atoms with Crippen LogP contribution in [-0.4, -0.2) is 36.5 Å². The number of carbonyl (C=O) groups excluding carboxylic acids is 1. The molecule has 15 heavy (non-hydrogen) atoms. The highest BCUT2D eigenvalue weighted by atomic mass is 16.2. The van der Waals surface area contributed by atoms with Crippen LogP contribution in [0, 0.1) is 5.92 Å². The highest BCUT2D eigenvalue weighted by Crippen LogP contribution is 2.24. The second kappa shape index (κ2) is 4.79. The number of piperidine rings is 1. The van der Waals surface area contributed by atoms with E-state index in [0.29, 0.717) is 12.0 Å². The fourth-order valence-corrected chi connectivity index (χ4v) is 2.78. The van der Waals surface area contributed by atoms with Crippen molar-refractivity contribution in [2.75, 3.05) is 19.6 Å². The van der Waals surface area contributed by atoms with Crippen LogP contribution in [0.25, 0.3) is 0 Å². The minimum atomic E-state index is 0.0951. The van der Waals surface area contributed by atoms with Crippen LogP contribution in [0.15, 0.2) is 12.7 Å². The van der Waals surface area contributed by atoms with Gasteiger partial charge in [0.2, 0.25) is 5.91 Å². The van der Waals surface area contributed by atoms with Gasteiger partial charge in [-0.25, -0.2) is 0 Å². The molecule has 2 atom stereocenters. The Hall–Kier alpha value is -0.830. The lowest BCUT2D eigenvalue weighted by molar-refractivity contribution is -0.127. The Morgan fingerprint density at radius 3 is 2.93 bits per heavy atom. The van der Waals surface area contributed by atoms with Gasteiger partial charge >= 0.3 is 0 Å². The maximum atomic E-state index is 11.5. The lowest BCUT2D eigenvalue weighted by Crippen LogP contribution is -2.45. The van der Waals surface area contributed by atoms with Crippen molar-refractivity contribution in [2.45, 2.75) is 31.7 Å². The largest absolute Gasteiger partial charge is 0.339 e. The molecule has 1 N–H and O–H groups in total. The normalized spacial score (nSPS) is 31.6. The zero-order valence-electron chi connectivity index (χ0n) is 9.24. The first kappa shape index (κ1) is 10.7. The molecule has 3 nitrogen and oxygen atoms in total. The van der Waals surface area contributed by atoms with Crippen LogP contribution in [0.4, 0.5) is 0 Å². The summed E-state index contributed by atoms with van der Waals surface area (Å²) in [5, 5.41) is 3.54. The summed E-state index contributed by atoms with van der Waals surface area (Å²) in [6.07, 6.45) is 6.41. The quantitative estimate of drug-likeness (QED) is 0.691. The Bertz CT molecular complexity index is 246. The number of amides is 1. The molecule has 2 heterocycles. The van der Waals surface area contributed by atoms with Gasteiger partial charge in [-0.05, 0) is 44.2 Å². The molecular formula is C12H20N2O. The van der Waals surface area contributed by atoms with E-state index in [4.69, 9.17) is 0 Å². The van der Waals surface area contributed by atoms with E-state index in [1.165, 1.54) is 25.3 Å². The van der Waals surface area contributed by atoms with E-state index in [9.17, 15) is 4.79 Å². The molecule has 2 fully saturated rings. The first-order chi connectivity index (χ1) is 7.31. The average molecular weight is 208 g/mol. The number of carbonyl (C=O) groups is 1. The average Bonchev–Trinajstić information content (AvgIpc) is 2.82. The lowest BCUT2D eigenvalue weighted by atomic mass is 9.90. The van der Waals surface area contributed by atoms with Gasteiger partial charge < -0.3 is 10.2 Å². The highest BCUT2D eigenvalue weighted by Gasteiger charge is 2.29. The van der Waals surface area contributed by atoms with Crippen molar-refractivity contribution < 1.29 is 4.79 Å². The van der Waals surface area contributed by atoms with Crippen LogP contribution in [0.1, 0.15) is 25.7 Å². The summed E-state index contributed by atoms with van der Waals surface area (Å²) in [5.41, 5.74) is 0. The van der Waals surface area contributed by atoms with Crippen molar-refractivity contribution in [3.8, 4) is 0 Å². The minimum Gasteiger partial charge on any atom is -0.339 e. The number of likely N-dealkylation sites (tertiary alicyclic amines) is 1. The Balaban J connectivity index is 1.91. The zero-order valence-corrected chi connectivity index (χ0v) is 9.24. The molecule has 0 radical (unpaired) electrons. The third-order valence-corrected chi connectivity index (χ3v) is 3.61. The maximum Gasteiger partial charge on any atom is 0.245 e. The number of rotatable bonds is 2. The number of nitrogens with one attached hydrogen (secondary N) is 1. The van der Waals surface area contributed by atoms with E-state index in [1.807, 2.05) is 4.90 Å². The van der Waals surface area contributed by atoms with Crippen LogP contribution >= 0.6 is 0 Å². The van der Waals surface area contributed by atoms with Crippen LogP contribution in [0.5, 0.6) is 0 Å². The van der Waals surface area contributed by atoms with Crippen molar-refractivity contribution in [2.24, 2.45) is 5.92 Å². The van der Waals surface area contributed by atoms with Gasteiger partial charge in [-0.15, -0.1) is 0 Å². The minimum absolute atomic E-state index is 0.0951. The highest BCUT2D eigenvalue weighted by molar-refractivity contribution is 5.87. The standard InChI is InChI=1S/C12H20N2O/c1-2-12(15)14-8-4-5-10(9-14)11-6-3-7-13-11/h2,10-11,13H,1,3-9H2. The van der Waals surface area contributed by atoms with E-state index in [-0.39, 0.29) is 5.91 Å². The number of hydrogen-bond acceptors (Lipinski definition) is 2. The molecule has 0 aromatic rings. The van der Waals surface area contributed by atoms with Gasteiger partial charge in [-0.1, -0.05) is 6.58 Å². The van der Waals surface area contributed by atoms with Crippen molar-refractivity contribution in [1.82, 2.24) is 10.2 Å². The van der Waals surface area contributed by atoms with Crippen molar-refractivity contribution in [1.29, 1.82) is 0 Å². The van der Waals surface area contributed by atoms with Gasteiger partial charge in [-0.3, -0.25) is 4.79 Å². The summed E-state index contributed by atoms with van der Waals surface area (Å²) in [6.45, 7) is 6.53. The Morgan fingerprint density at radius 1 is 1.40 bits per heavy atom. The molecule has 0 aromatic carbocycles. The fourth-order valence-electron chi connectivity index (χ4n) is 2.78. The second-order valence-electron chi connectivity index (χ2n) is 4.59. The lowest BCUT2D eigenvalue weighted by Gasteiger charge is -2.35. The molecule has 0 spiro atoms. The van der Waals surface area contributed by atoms with E-state index in [0.717, 1.165) is 26.1 Å². The van der Waals surface area contributed by atoms with Gasteiger partial charge in [0.15, 0.2) is 0 Å². The smallest absolute Gasteiger partial charge is 0.245 e. The van der Waals surface area contributed by atoms with E-state index in [1.54, 1.807) is 0 Å². The predicted octanol–water partition coefficient (Wildman–Crippen LogP) is 1.16. The summed E-state index contributed by atoms with van der Waals surface area (Å²) in [4.78, 5) is 13.5. The molecule has 2 aliphatic rings. The first-order valence-corrected chi connectivity index (χ1v) is 5.96. The van der Waals surface area contributed by atoms with Crippen LogP contribution in [-0.2, 0) is 4.79 Å². The van der Waals surface area contributed by atoms with Gasteiger partial charge in [0.1, 0.15) is 0 Å². The molecule has 2 aliphatic heterocycles. The van der Waals surface area contributed by atoms with Gasteiger partial charge in [0, 0.05) is 19.1 Å². The molecule has 2 rings (SSSR count). The molecule has 0 saturated carbocycles. The molecule has 84 valence electrons. The summed E-state index contributed by atoms with van der Waals surface area (Å²) < 4.78 is 0. The van der Waals surface area contributed by atoms with Crippen molar-refractivity contribution in [3.63, 3.8) is 0 Å². The first-order valence-electron chi connectivity index (χ1n) is 5.96. The zero-order chi connectivity index (χ0) is 10.7. The second-order valence-corrected chi connectivity index (χ2v) is 4.59. The maximum absolute atomic E-state index is 11.5. The number of hydrogen-bond donors (Lipinski definition) is 1. The molecule has 3 heteroatoms. The SMILES string of the molecule is C=CC(=O)N1CCCC(C2CCCN2)C1. The van der Waals surface area contributed by atoms with E-state index < -0.39 is 0 Å². The monoisotopic (exact) mass is 208 g/mol. The third-order valence-electron chi connectivity index (χ3n) is 3.61. The van der Waals surface area contributed by atoms with Gasteiger partial charge in [0.05, 0.1) is 0 Å². The summed E-state index contributed by atoms with van der Waals surface area (Å²) >= 11 is 0. The molecule has 0 bridgehead atoms. The van der Waals surface area contributed by atoms with Gasteiger partial charge in [0.25, 0.3) is 0 Å². The predicted molar refractivity (Wildman–Crippen MR) is 60.5 cm³/mol. The summed E-state index contributed by atoms with van der Waals surface area (Å²) in [7, 11) is 0. The molecule has 2 saturated heterocycles. The Kier molecular flexibility index (Phi) is 3.41. The van der Waals surface area contributed by atoms with Crippen molar-refractivity contribution in [3.05, 3.63) is 12.7 Å². The van der Waals surface area contributed by atoms with E-state index in [2.05, 4.69) is 11.9 Å². The number of nitrogens with zero attached hydrogens (tertiary/aromatic N) is 1. The molecule has 2 unspecified atom stereocenters. The third kappa shape index (κ3) is 2.40. The van der Waals surface area contributed by atoms with Crippen LogP contribution < -0.4 is 5.32 Å². The Morgan fingerprint density at radius 2 is 2.27 bits per heavy atom.